The molecular weight excluding hydrogens is 306 g/mol. The Kier molecular flexibility index (Phi) is 3.75. The van der Waals surface area contributed by atoms with E-state index in [1.165, 1.54) is 24.1 Å². The van der Waals surface area contributed by atoms with Crippen LogP contribution in [0.3, 0.4) is 0 Å². The maximum Gasteiger partial charge on any atom is 0.239 e. The molecule has 0 bridgehead atoms. The van der Waals surface area contributed by atoms with Crippen LogP contribution >= 0.6 is 15.9 Å². The first-order chi connectivity index (χ1) is 9.22. The first-order valence-corrected chi connectivity index (χ1v) is 7.55. The van der Waals surface area contributed by atoms with Crippen molar-refractivity contribution in [2.24, 2.45) is 0 Å². The Labute approximate surface area is 121 Å². The van der Waals surface area contributed by atoms with E-state index in [1.54, 1.807) is 0 Å². The number of nitrogens with one attached hydrogen (secondary N) is 2. The van der Waals surface area contributed by atoms with Gasteiger partial charge in [-0.3, -0.25) is 4.79 Å². The van der Waals surface area contributed by atoms with Crippen molar-refractivity contribution in [3.63, 3.8) is 0 Å². The van der Waals surface area contributed by atoms with Crippen molar-refractivity contribution in [2.45, 2.75) is 25.4 Å². The molecule has 0 spiro atoms. The summed E-state index contributed by atoms with van der Waals surface area (Å²) in [5.74, 6) is 0.107. The minimum Gasteiger partial charge on any atom is -0.360 e. The summed E-state index contributed by atoms with van der Waals surface area (Å²) in [5, 5.41) is 6.41. The Morgan fingerprint density at radius 3 is 3.00 bits per heavy atom. The van der Waals surface area contributed by atoms with Gasteiger partial charge < -0.3 is 15.5 Å². The lowest BCUT2D eigenvalue weighted by Gasteiger charge is -2.30. The molecule has 0 unspecified atom stereocenters. The highest BCUT2D eigenvalue weighted by Gasteiger charge is 2.22. The average molecular weight is 324 g/mol. The average Bonchev–Trinajstić information content (AvgIpc) is 3.20. The van der Waals surface area contributed by atoms with Crippen LogP contribution in [0, 0.1) is 0 Å². The summed E-state index contributed by atoms with van der Waals surface area (Å²) in [6, 6.07) is 6.99. The highest BCUT2D eigenvalue weighted by molar-refractivity contribution is 9.10. The number of benzene rings is 1. The second-order valence-corrected chi connectivity index (χ2v) is 6.12. The minimum absolute atomic E-state index is 0.107. The fourth-order valence-corrected chi connectivity index (χ4v) is 2.80. The number of nitrogens with zero attached hydrogens (tertiary/aromatic N) is 1. The van der Waals surface area contributed by atoms with Crippen molar-refractivity contribution in [3.8, 4) is 0 Å². The summed E-state index contributed by atoms with van der Waals surface area (Å²) in [5.41, 5.74) is 2.43. The van der Waals surface area contributed by atoms with Crippen LogP contribution in [-0.2, 0) is 11.3 Å². The first kappa shape index (κ1) is 12.9. The van der Waals surface area contributed by atoms with E-state index in [0.717, 1.165) is 24.1 Å². The van der Waals surface area contributed by atoms with E-state index in [0.29, 0.717) is 12.6 Å². The molecule has 0 atom stereocenters. The lowest BCUT2D eigenvalue weighted by atomic mass is 10.1. The van der Waals surface area contributed by atoms with Gasteiger partial charge in [-0.05, 0) is 36.6 Å². The Hall–Kier alpha value is -1.07. The monoisotopic (exact) mass is 323 g/mol. The maximum atomic E-state index is 11.5. The Bertz CT molecular complexity index is 488. The molecule has 5 heteroatoms. The van der Waals surface area contributed by atoms with E-state index in [1.807, 2.05) is 6.07 Å². The summed E-state index contributed by atoms with van der Waals surface area (Å²) < 4.78 is 1.09. The molecule has 2 fully saturated rings. The number of rotatable bonds is 4. The third-order valence-corrected chi connectivity index (χ3v) is 4.07. The molecular formula is C14H18BrN3O. The van der Waals surface area contributed by atoms with Crippen LogP contribution in [-0.4, -0.2) is 31.6 Å². The number of carbonyl (C=O) groups is 1. The third-order valence-electron chi connectivity index (χ3n) is 3.58. The Balaban J connectivity index is 1.79. The number of anilines is 1. The van der Waals surface area contributed by atoms with Gasteiger partial charge in [0.05, 0.1) is 6.54 Å². The van der Waals surface area contributed by atoms with Crippen molar-refractivity contribution in [3.05, 3.63) is 28.2 Å². The normalized spacial score (nSPS) is 19.4. The molecule has 1 saturated heterocycles. The molecule has 1 aromatic carbocycles. The highest BCUT2D eigenvalue weighted by Crippen LogP contribution is 2.27. The van der Waals surface area contributed by atoms with Crippen molar-refractivity contribution in [1.29, 1.82) is 0 Å². The first-order valence-electron chi connectivity index (χ1n) is 6.76. The smallest absolute Gasteiger partial charge is 0.239 e. The zero-order valence-corrected chi connectivity index (χ0v) is 12.4. The zero-order valence-electron chi connectivity index (χ0n) is 10.8. The van der Waals surface area contributed by atoms with Gasteiger partial charge in [-0.2, -0.15) is 0 Å². The van der Waals surface area contributed by atoms with Crippen LogP contribution in [0.2, 0.25) is 0 Å². The van der Waals surface area contributed by atoms with Gasteiger partial charge in [0.1, 0.15) is 0 Å². The lowest BCUT2D eigenvalue weighted by Crippen LogP contribution is -2.48. The number of hydrogen-bond acceptors (Lipinski definition) is 3. The van der Waals surface area contributed by atoms with Gasteiger partial charge in [-0.25, -0.2) is 0 Å². The summed E-state index contributed by atoms with van der Waals surface area (Å²) in [6.45, 7) is 2.93. The van der Waals surface area contributed by atoms with Gasteiger partial charge in [0.15, 0.2) is 0 Å². The highest BCUT2D eigenvalue weighted by atomic mass is 79.9. The Morgan fingerprint density at radius 1 is 1.42 bits per heavy atom. The molecule has 102 valence electrons. The molecule has 2 aliphatic rings. The van der Waals surface area contributed by atoms with Gasteiger partial charge in [0.25, 0.3) is 0 Å². The summed E-state index contributed by atoms with van der Waals surface area (Å²) in [4.78, 5) is 13.7. The van der Waals surface area contributed by atoms with Crippen LogP contribution in [0.25, 0.3) is 0 Å². The summed E-state index contributed by atoms with van der Waals surface area (Å²) in [7, 11) is 0. The molecule has 0 aromatic heterocycles. The van der Waals surface area contributed by atoms with E-state index in [-0.39, 0.29) is 5.91 Å². The zero-order chi connectivity index (χ0) is 13.2. The Morgan fingerprint density at radius 2 is 2.26 bits per heavy atom. The predicted octanol–water partition coefficient (Wildman–Crippen LogP) is 1.64. The van der Waals surface area contributed by atoms with E-state index < -0.39 is 0 Å². The van der Waals surface area contributed by atoms with Gasteiger partial charge in [0.2, 0.25) is 5.91 Å². The molecule has 1 amide bonds. The van der Waals surface area contributed by atoms with Crippen molar-refractivity contribution in [2.75, 3.05) is 24.5 Å². The minimum atomic E-state index is 0.107. The molecule has 19 heavy (non-hydrogen) atoms. The van der Waals surface area contributed by atoms with Crippen molar-refractivity contribution in [1.82, 2.24) is 10.6 Å². The topological polar surface area (TPSA) is 44.4 Å². The van der Waals surface area contributed by atoms with Gasteiger partial charge >= 0.3 is 0 Å². The largest absolute Gasteiger partial charge is 0.360 e. The quantitative estimate of drug-likeness (QED) is 0.885. The van der Waals surface area contributed by atoms with Crippen LogP contribution < -0.4 is 15.5 Å². The SMILES string of the molecule is O=C1CN(c2ccc(Br)cc2CNC2CC2)CCN1. The second kappa shape index (κ2) is 5.51. The lowest BCUT2D eigenvalue weighted by molar-refractivity contribution is -0.120. The number of hydrogen-bond donors (Lipinski definition) is 2. The van der Waals surface area contributed by atoms with Crippen LogP contribution in [0.5, 0.6) is 0 Å². The summed E-state index contributed by atoms with van der Waals surface area (Å²) in [6.07, 6.45) is 2.57. The van der Waals surface area contributed by atoms with E-state index in [2.05, 4.69) is 43.6 Å². The maximum absolute atomic E-state index is 11.5. The van der Waals surface area contributed by atoms with Gasteiger partial charge in [0, 0.05) is 35.8 Å². The molecule has 1 aliphatic heterocycles. The van der Waals surface area contributed by atoms with Crippen LogP contribution in [0.4, 0.5) is 5.69 Å². The molecule has 1 saturated carbocycles. The third kappa shape index (κ3) is 3.28. The van der Waals surface area contributed by atoms with Gasteiger partial charge in [-0.1, -0.05) is 15.9 Å². The molecule has 1 aromatic rings. The predicted molar refractivity (Wildman–Crippen MR) is 79.2 cm³/mol. The number of carbonyl (C=O) groups excluding carboxylic acids is 1. The summed E-state index contributed by atoms with van der Waals surface area (Å²) >= 11 is 3.53. The standard InChI is InChI=1S/C14H18BrN3O/c15-11-1-4-13(18-6-5-16-14(19)9-18)10(7-11)8-17-12-2-3-12/h1,4,7,12,17H,2-3,5-6,8-9H2,(H,16,19). The number of halogens is 1. The molecule has 1 heterocycles. The fraction of sp³-hybridized carbons (Fsp3) is 0.500. The van der Waals surface area contributed by atoms with Crippen LogP contribution in [0.15, 0.2) is 22.7 Å². The molecule has 1 aliphatic carbocycles. The van der Waals surface area contributed by atoms with Crippen molar-refractivity contribution >= 4 is 27.5 Å². The number of amides is 1. The van der Waals surface area contributed by atoms with Gasteiger partial charge in [-0.15, -0.1) is 0 Å². The molecule has 2 N–H and O–H groups in total. The molecule has 4 nitrogen and oxygen atoms in total. The van der Waals surface area contributed by atoms with E-state index in [9.17, 15) is 4.79 Å². The molecule has 0 radical (unpaired) electrons. The molecule has 3 rings (SSSR count). The van der Waals surface area contributed by atoms with Crippen molar-refractivity contribution < 1.29 is 4.79 Å². The van der Waals surface area contributed by atoms with E-state index >= 15 is 0 Å². The van der Waals surface area contributed by atoms with E-state index in [4.69, 9.17) is 0 Å². The van der Waals surface area contributed by atoms with Crippen LogP contribution in [0.1, 0.15) is 18.4 Å². The fourth-order valence-electron chi connectivity index (χ4n) is 2.39. The number of piperazine rings is 1. The second-order valence-electron chi connectivity index (χ2n) is 5.20.